The first-order valence-corrected chi connectivity index (χ1v) is 7.17. The summed E-state index contributed by atoms with van der Waals surface area (Å²) in [7, 11) is 0. The van der Waals surface area contributed by atoms with E-state index in [0.717, 1.165) is 26.2 Å². The molecule has 1 N–H and O–H groups in total. The van der Waals surface area contributed by atoms with Crippen LogP contribution in [0.4, 0.5) is 4.39 Å². The van der Waals surface area contributed by atoms with Crippen LogP contribution < -0.4 is 5.32 Å². The van der Waals surface area contributed by atoms with Gasteiger partial charge in [0.05, 0.1) is 0 Å². The largest absolute Gasteiger partial charge is 0.314 e. The molecule has 19 heavy (non-hydrogen) atoms. The summed E-state index contributed by atoms with van der Waals surface area (Å²) in [6.07, 6.45) is 0. The van der Waals surface area contributed by atoms with Crippen LogP contribution >= 0.6 is 11.6 Å². The predicted octanol–water partition coefficient (Wildman–Crippen LogP) is 3.47. The molecule has 0 radical (unpaired) electrons. The lowest BCUT2D eigenvalue weighted by atomic mass is 9.80. The third-order valence-electron chi connectivity index (χ3n) is 3.59. The normalized spacial score (nSPS) is 19.4. The number of piperazine rings is 1. The van der Waals surface area contributed by atoms with E-state index in [9.17, 15) is 4.39 Å². The number of nitrogens with one attached hydrogen (secondary N) is 1. The predicted molar refractivity (Wildman–Crippen MR) is 78.0 cm³/mol. The summed E-state index contributed by atoms with van der Waals surface area (Å²) in [6.45, 7) is 10.2. The van der Waals surface area contributed by atoms with Crippen LogP contribution in [0.15, 0.2) is 18.2 Å². The van der Waals surface area contributed by atoms with Crippen LogP contribution in [0.5, 0.6) is 0 Å². The zero-order valence-corrected chi connectivity index (χ0v) is 12.6. The molecule has 2 rings (SSSR count). The first kappa shape index (κ1) is 14.8. The second kappa shape index (κ2) is 5.78. The monoisotopic (exact) mass is 284 g/mol. The Morgan fingerprint density at radius 1 is 1.26 bits per heavy atom. The molecule has 1 aliphatic rings. The average Bonchev–Trinajstić information content (AvgIpc) is 2.33. The Balaban J connectivity index is 2.39. The summed E-state index contributed by atoms with van der Waals surface area (Å²) < 4.78 is 14.2. The minimum atomic E-state index is -0.164. The molecule has 0 amide bonds. The lowest BCUT2D eigenvalue weighted by Gasteiger charge is -2.42. The van der Waals surface area contributed by atoms with Gasteiger partial charge < -0.3 is 5.32 Å². The Labute approximate surface area is 119 Å². The third-order valence-corrected chi connectivity index (χ3v) is 3.82. The van der Waals surface area contributed by atoms with Gasteiger partial charge in [-0.1, -0.05) is 32.4 Å². The molecule has 1 fully saturated rings. The van der Waals surface area contributed by atoms with Crippen LogP contribution in [-0.4, -0.2) is 31.1 Å². The summed E-state index contributed by atoms with van der Waals surface area (Å²) in [5, 5.41) is 3.93. The summed E-state index contributed by atoms with van der Waals surface area (Å²) in [4.78, 5) is 2.35. The van der Waals surface area contributed by atoms with E-state index >= 15 is 0 Å². The minimum Gasteiger partial charge on any atom is -0.314 e. The highest BCUT2D eigenvalue weighted by Crippen LogP contribution is 2.39. The number of hydrogen-bond acceptors (Lipinski definition) is 2. The molecule has 0 unspecified atom stereocenters. The molecule has 1 aromatic rings. The first-order valence-electron chi connectivity index (χ1n) is 6.79. The van der Waals surface area contributed by atoms with Crippen molar-refractivity contribution in [1.82, 2.24) is 10.2 Å². The molecule has 1 atom stereocenters. The van der Waals surface area contributed by atoms with Gasteiger partial charge in [-0.3, -0.25) is 4.90 Å². The van der Waals surface area contributed by atoms with Crippen LogP contribution in [0, 0.1) is 11.2 Å². The fourth-order valence-corrected chi connectivity index (χ4v) is 3.06. The molecule has 0 aromatic heterocycles. The van der Waals surface area contributed by atoms with Gasteiger partial charge in [-0.2, -0.15) is 0 Å². The third kappa shape index (κ3) is 3.47. The van der Waals surface area contributed by atoms with Crippen LogP contribution in [0.2, 0.25) is 5.02 Å². The molecule has 0 spiro atoms. The minimum absolute atomic E-state index is 0.0388. The van der Waals surface area contributed by atoms with Gasteiger partial charge >= 0.3 is 0 Å². The topological polar surface area (TPSA) is 15.3 Å². The molecule has 2 nitrogen and oxygen atoms in total. The van der Waals surface area contributed by atoms with Crippen LogP contribution in [-0.2, 0) is 0 Å². The molecular formula is C15H22ClFN2. The van der Waals surface area contributed by atoms with E-state index in [2.05, 4.69) is 31.0 Å². The highest BCUT2D eigenvalue weighted by Gasteiger charge is 2.34. The van der Waals surface area contributed by atoms with Gasteiger partial charge in [0.1, 0.15) is 5.82 Å². The summed E-state index contributed by atoms with van der Waals surface area (Å²) in [6, 6.07) is 4.90. The Morgan fingerprint density at radius 2 is 1.89 bits per heavy atom. The average molecular weight is 285 g/mol. The van der Waals surface area contributed by atoms with E-state index in [4.69, 9.17) is 11.6 Å². The van der Waals surface area contributed by atoms with E-state index in [0.29, 0.717) is 10.6 Å². The van der Waals surface area contributed by atoms with Crippen molar-refractivity contribution in [3.63, 3.8) is 0 Å². The van der Waals surface area contributed by atoms with Gasteiger partial charge in [0.25, 0.3) is 0 Å². The molecule has 0 saturated carbocycles. The Bertz CT molecular complexity index is 436. The van der Waals surface area contributed by atoms with E-state index in [-0.39, 0.29) is 17.3 Å². The second-order valence-corrected chi connectivity index (χ2v) is 6.66. The van der Waals surface area contributed by atoms with Gasteiger partial charge in [0.2, 0.25) is 0 Å². The van der Waals surface area contributed by atoms with E-state index < -0.39 is 0 Å². The smallest absolute Gasteiger partial charge is 0.128 e. The van der Waals surface area contributed by atoms with E-state index in [1.165, 1.54) is 6.07 Å². The van der Waals surface area contributed by atoms with Crippen LogP contribution in [0.1, 0.15) is 32.4 Å². The Morgan fingerprint density at radius 3 is 2.47 bits per heavy atom. The Kier molecular flexibility index (Phi) is 4.49. The molecule has 1 heterocycles. The van der Waals surface area contributed by atoms with Crippen LogP contribution in [0.25, 0.3) is 0 Å². The van der Waals surface area contributed by atoms with Gasteiger partial charge in [0.15, 0.2) is 0 Å². The Hall–Kier alpha value is -0.640. The molecule has 1 aliphatic heterocycles. The number of halogens is 2. The fraction of sp³-hybridized carbons (Fsp3) is 0.600. The first-order chi connectivity index (χ1) is 8.89. The summed E-state index contributed by atoms with van der Waals surface area (Å²) >= 11 is 6.05. The fourth-order valence-electron chi connectivity index (χ4n) is 2.88. The van der Waals surface area contributed by atoms with Crippen molar-refractivity contribution in [1.29, 1.82) is 0 Å². The van der Waals surface area contributed by atoms with Crippen molar-refractivity contribution < 1.29 is 4.39 Å². The zero-order valence-electron chi connectivity index (χ0n) is 11.8. The zero-order chi connectivity index (χ0) is 14.0. The highest BCUT2D eigenvalue weighted by molar-refractivity contribution is 6.30. The second-order valence-electron chi connectivity index (χ2n) is 6.22. The van der Waals surface area contributed by atoms with Crippen molar-refractivity contribution in [2.45, 2.75) is 26.8 Å². The maximum absolute atomic E-state index is 14.2. The summed E-state index contributed by atoms with van der Waals surface area (Å²) in [5.41, 5.74) is 0.671. The number of rotatable bonds is 2. The number of hydrogen-bond donors (Lipinski definition) is 1. The van der Waals surface area contributed by atoms with Gasteiger partial charge in [0, 0.05) is 42.8 Å². The van der Waals surface area contributed by atoms with E-state index in [1.54, 1.807) is 12.1 Å². The molecule has 4 heteroatoms. The lowest BCUT2D eigenvalue weighted by molar-refractivity contribution is 0.0834. The van der Waals surface area contributed by atoms with Crippen LogP contribution in [0.3, 0.4) is 0 Å². The van der Waals surface area contributed by atoms with Crippen molar-refractivity contribution in [2.75, 3.05) is 26.2 Å². The van der Waals surface area contributed by atoms with Gasteiger partial charge in [-0.05, 0) is 23.6 Å². The van der Waals surface area contributed by atoms with Gasteiger partial charge in [-0.25, -0.2) is 4.39 Å². The maximum Gasteiger partial charge on any atom is 0.128 e. The molecule has 1 aromatic carbocycles. The molecule has 106 valence electrons. The van der Waals surface area contributed by atoms with Crippen molar-refractivity contribution in [3.05, 3.63) is 34.6 Å². The maximum atomic E-state index is 14.2. The number of nitrogens with zero attached hydrogens (tertiary/aromatic N) is 1. The van der Waals surface area contributed by atoms with Crippen molar-refractivity contribution >= 4 is 11.6 Å². The quantitative estimate of drug-likeness (QED) is 0.895. The molecule has 1 saturated heterocycles. The number of benzene rings is 1. The highest BCUT2D eigenvalue weighted by atomic mass is 35.5. The standard InChI is InChI=1S/C15H22ClFN2/c1-15(2,3)14(19-8-6-18-7-9-19)12-10-11(16)4-5-13(12)17/h4-5,10,14,18H,6-9H2,1-3H3/t14-/m1/s1. The molecule has 0 bridgehead atoms. The lowest BCUT2D eigenvalue weighted by Crippen LogP contribution is -2.48. The SMILES string of the molecule is CC(C)(C)[C@@H](c1cc(Cl)ccc1F)N1CCNCC1. The van der Waals surface area contributed by atoms with Crippen molar-refractivity contribution in [3.8, 4) is 0 Å². The van der Waals surface area contributed by atoms with Crippen molar-refractivity contribution in [2.24, 2.45) is 5.41 Å². The molecule has 0 aliphatic carbocycles. The summed E-state index contributed by atoms with van der Waals surface area (Å²) in [5.74, 6) is -0.164. The van der Waals surface area contributed by atoms with Gasteiger partial charge in [-0.15, -0.1) is 0 Å². The van der Waals surface area contributed by atoms with E-state index in [1.807, 2.05) is 0 Å². The molecular weight excluding hydrogens is 263 g/mol.